The van der Waals surface area contributed by atoms with Crippen molar-refractivity contribution in [3.05, 3.63) is 60.0 Å². The molecule has 4 rings (SSSR count). The molecule has 0 bridgehead atoms. The molecule has 5 nitrogen and oxygen atoms in total. The number of nitrogens with one attached hydrogen (secondary N) is 2. The second-order valence-electron chi connectivity index (χ2n) is 5.37. The number of halogens is 1. The maximum Gasteiger partial charge on any atom is 0.188 e. The van der Waals surface area contributed by atoms with E-state index in [1.54, 1.807) is 24.5 Å². The van der Waals surface area contributed by atoms with Gasteiger partial charge in [0.05, 0.1) is 11.4 Å². The van der Waals surface area contributed by atoms with Crippen LogP contribution in [0.25, 0.3) is 22.5 Å². The van der Waals surface area contributed by atoms with E-state index in [2.05, 4.69) is 25.3 Å². The van der Waals surface area contributed by atoms with Gasteiger partial charge in [0.25, 0.3) is 0 Å². The van der Waals surface area contributed by atoms with Crippen LogP contribution in [0, 0.1) is 5.82 Å². The lowest BCUT2D eigenvalue weighted by Crippen LogP contribution is -1.93. The van der Waals surface area contributed by atoms with Gasteiger partial charge in [-0.25, -0.2) is 19.3 Å². The summed E-state index contributed by atoms with van der Waals surface area (Å²) in [6, 6.07) is 10.2. The summed E-state index contributed by atoms with van der Waals surface area (Å²) in [6.45, 7) is 0. The van der Waals surface area contributed by atoms with Crippen molar-refractivity contribution in [2.24, 2.45) is 0 Å². The molecule has 0 atom stereocenters. The van der Waals surface area contributed by atoms with E-state index in [1.165, 1.54) is 35.2 Å². The molecule has 3 heterocycles. The number of hydrogen-bond donors (Lipinski definition) is 2. The molecule has 0 saturated heterocycles. The van der Waals surface area contributed by atoms with Gasteiger partial charge in [-0.3, -0.25) is 0 Å². The zero-order valence-electron chi connectivity index (χ0n) is 13.7. The van der Waals surface area contributed by atoms with Crippen molar-refractivity contribution in [1.82, 2.24) is 19.9 Å². The highest BCUT2D eigenvalue weighted by molar-refractivity contribution is 7.98. The Kier molecular flexibility index (Phi) is 4.68. The molecule has 1 aromatic carbocycles. The fraction of sp³-hybridized carbons (Fsp3) is 0.0556. The third-order valence-electron chi connectivity index (χ3n) is 3.71. The lowest BCUT2D eigenvalue weighted by atomic mass is 10.1. The first-order chi connectivity index (χ1) is 12.7. The van der Waals surface area contributed by atoms with Crippen molar-refractivity contribution >= 4 is 34.0 Å². The molecule has 0 fully saturated rings. The predicted molar refractivity (Wildman–Crippen MR) is 104 cm³/mol. The number of aromatic amines is 1. The van der Waals surface area contributed by atoms with Gasteiger partial charge < -0.3 is 10.3 Å². The summed E-state index contributed by atoms with van der Waals surface area (Å²) in [7, 11) is 0. The molecule has 8 heteroatoms. The number of thioether (sulfide) groups is 1. The summed E-state index contributed by atoms with van der Waals surface area (Å²) in [5.41, 5.74) is 3.43. The molecule has 0 unspecified atom stereocenters. The van der Waals surface area contributed by atoms with Crippen LogP contribution < -0.4 is 5.32 Å². The van der Waals surface area contributed by atoms with Crippen LogP contribution in [0.3, 0.4) is 0 Å². The Morgan fingerprint density at radius 1 is 1.08 bits per heavy atom. The number of nitrogens with zero attached hydrogens (tertiary/aromatic N) is 3. The van der Waals surface area contributed by atoms with Gasteiger partial charge >= 0.3 is 0 Å². The summed E-state index contributed by atoms with van der Waals surface area (Å²) in [5.74, 6) is 0.426. The average Bonchev–Trinajstić information content (AvgIpc) is 3.32. The van der Waals surface area contributed by atoms with Crippen molar-refractivity contribution in [1.29, 1.82) is 0 Å². The minimum Gasteiger partial charge on any atom is -0.332 e. The molecule has 0 amide bonds. The number of hydrogen-bond acceptors (Lipinski definition) is 6. The molecule has 4 aromatic rings. The molecule has 0 spiro atoms. The van der Waals surface area contributed by atoms with Crippen LogP contribution in [0.4, 0.5) is 15.3 Å². The first-order valence-electron chi connectivity index (χ1n) is 7.76. The Balaban J connectivity index is 1.75. The van der Waals surface area contributed by atoms with Crippen molar-refractivity contribution in [2.75, 3.05) is 11.6 Å². The molecule has 130 valence electrons. The highest BCUT2D eigenvalue weighted by Crippen LogP contribution is 2.33. The van der Waals surface area contributed by atoms with Gasteiger partial charge in [0.15, 0.2) is 10.3 Å². The fourth-order valence-electron chi connectivity index (χ4n) is 2.52. The van der Waals surface area contributed by atoms with Crippen molar-refractivity contribution in [3.63, 3.8) is 0 Å². The average molecular weight is 383 g/mol. The van der Waals surface area contributed by atoms with E-state index in [4.69, 9.17) is 0 Å². The van der Waals surface area contributed by atoms with Gasteiger partial charge in [0, 0.05) is 28.9 Å². The number of imidazole rings is 1. The summed E-state index contributed by atoms with van der Waals surface area (Å²) in [6.07, 6.45) is 5.42. The summed E-state index contributed by atoms with van der Waals surface area (Å²) >= 11 is 3.03. The second kappa shape index (κ2) is 7.27. The smallest absolute Gasteiger partial charge is 0.188 e. The lowest BCUT2D eigenvalue weighted by Gasteiger charge is -2.06. The number of aromatic nitrogens is 4. The van der Waals surface area contributed by atoms with Crippen LogP contribution in [-0.4, -0.2) is 26.2 Å². The maximum absolute atomic E-state index is 13.3. The van der Waals surface area contributed by atoms with Crippen LogP contribution in [0.5, 0.6) is 0 Å². The molecular weight excluding hydrogens is 369 g/mol. The predicted octanol–water partition coefficient (Wildman–Crippen LogP) is 5.20. The van der Waals surface area contributed by atoms with E-state index in [9.17, 15) is 4.39 Å². The Labute approximate surface area is 157 Å². The molecule has 3 aromatic heterocycles. The van der Waals surface area contributed by atoms with Gasteiger partial charge in [0.1, 0.15) is 11.6 Å². The monoisotopic (exact) mass is 383 g/mol. The van der Waals surface area contributed by atoms with Crippen molar-refractivity contribution in [3.8, 4) is 22.5 Å². The SMILES string of the molecule is CSc1nc(-c2ccnc(Nc3nccs3)c2)c(-c2ccc(F)cc2)[nH]1. The van der Waals surface area contributed by atoms with Gasteiger partial charge in [-0.2, -0.15) is 0 Å². The third-order valence-corrected chi connectivity index (χ3v) is 4.98. The van der Waals surface area contributed by atoms with Gasteiger partial charge in [0.2, 0.25) is 0 Å². The van der Waals surface area contributed by atoms with Gasteiger partial charge in [-0.1, -0.05) is 11.8 Å². The van der Waals surface area contributed by atoms with Crippen LogP contribution in [0.15, 0.2) is 59.3 Å². The van der Waals surface area contributed by atoms with Gasteiger partial charge in [-0.05, 0) is 42.7 Å². The van der Waals surface area contributed by atoms with Crippen molar-refractivity contribution < 1.29 is 4.39 Å². The number of benzene rings is 1. The molecule has 0 aliphatic carbocycles. The molecule has 0 aliphatic heterocycles. The van der Waals surface area contributed by atoms with E-state index in [0.717, 1.165) is 32.8 Å². The van der Waals surface area contributed by atoms with Crippen molar-refractivity contribution in [2.45, 2.75) is 5.16 Å². The van der Waals surface area contributed by atoms with E-state index < -0.39 is 0 Å². The van der Waals surface area contributed by atoms with Crippen LogP contribution in [-0.2, 0) is 0 Å². The minimum atomic E-state index is -0.265. The molecule has 0 saturated carbocycles. The third kappa shape index (κ3) is 3.47. The Bertz CT molecular complexity index is 1010. The minimum absolute atomic E-state index is 0.265. The van der Waals surface area contributed by atoms with E-state index in [-0.39, 0.29) is 5.82 Å². The number of rotatable bonds is 5. The van der Waals surface area contributed by atoms with Gasteiger partial charge in [-0.15, -0.1) is 11.3 Å². The Hall–Kier alpha value is -2.71. The lowest BCUT2D eigenvalue weighted by molar-refractivity contribution is 0.628. The Morgan fingerprint density at radius 2 is 1.92 bits per heavy atom. The van der Waals surface area contributed by atoms with E-state index >= 15 is 0 Å². The fourth-order valence-corrected chi connectivity index (χ4v) is 3.45. The number of anilines is 2. The molecule has 2 N–H and O–H groups in total. The molecule has 0 radical (unpaired) electrons. The standard InChI is InChI=1S/C18H14FN5S2/c1-25-18-23-15(11-2-4-13(19)5-3-11)16(24-18)12-6-7-20-14(10-12)22-17-21-8-9-26-17/h2-10H,1H3,(H,23,24)(H,20,21,22). The highest BCUT2D eigenvalue weighted by atomic mass is 32.2. The number of pyridine rings is 1. The quantitative estimate of drug-likeness (QED) is 0.464. The summed E-state index contributed by atoms with van der Waals surface area (Å²) in [5, 5.41) is 6.66. The molecule has 0 aliphatic rings. The van der Waals surface area contributed by atoms with E-state index in [0.29, 0.717) is 5.82 Å². The highest BCUT2D eigenvalue weighted by Gasteiger charge is 2.15. The normalized spacial score (nSPS) is 10.8. The summed E-state index contributed by atoms with van der Waals surface area (Å²) < 4.78 is 13.3. The molecule has 26 heavy (non-hydrogen) atoms. The molecular formula is C18H14FN5S2. The summed E-state index contributed by atoms with van der Waals surface area (Å²) in [4.78, 5) is 16.5. The maximum atomic E-state index is 13.3. The number of thiazole rings is 1. The second-order valence-corrected chi connectivity index (χ2v) is 7.06. The van der Waals surface area contributed by atoms with E-state index in [1.807, 2.05) is 23.8 Å². The first-order valence-corrected chi connectivity index (χ1v) is 9.86. The topological polar surface area (TPSA) is 66.5 Å². The van der Waals surface area contributed by atoms with Crippen LogP contribution in [0.1, 0.15) is 0 Å². The Morgan fingerprint density at radius 3 is 2.65 bits per heavy atom. The first kappa shape index (κ1) is 16.7. The largest absolute Gasteiger partial charge is 0.332 e. The van der Waals surface area contributed by atoms with Crippen LogP contribution >= 0.6 is 23.1 Å². The number of H-pyrrole nitrogens is 1. The zero-order chi connectivity index (χ0) is 17.9. The van der Waals surface area contributed by atoms with Crippen LogP contribution in [0.2, 0.25) is 0 Å². The zero-order valence-corrected chi connectivity index (χ0v) is 15.4.